The fourth-order valence-electron chi connectivity index (χ4n) is 2.34. The van der Waals surface area contributed by atoms with Crippen LogP contribution in [0.2, 0.25) is 0 Å². The van der Waals surface area contributed by atoms with Gasteiger partial charge in [-0.15, -0.1) is 0 Å². The van der Waals surface area contributed by atoms with Gasteiger partial charge in [-0.3, -0.25) is 9.69 Å². The molecule has 21 heavy (non-hydrogen) atoms. The van der Waals surface area contributed by atoms with Gasteiger partial charge in [0.05, 0.1) is 19.4 Å². The number of rotatable bonds is 9. The van der Waals surface area contributed by atoms with Crippen LogP contribution in [0.5, 0.6) is 5.75 Å². The lowest BCUT2D eigenvalue weighted by Gasteiger charge is -2.24. The van der Waals surface area contributed by atoms with Crippen LogP contribution in [-0.2, 0) is 16.0 Å². The molecule has 0 unspecified atom stereocenters. The van der Waals surface area contributed by atoms with E-state index in [-0.39, 0.29) is 11.2 Å². The molecule has 1 aromatic rings. The highest BCUT2D eigenvalue weighted by atomic mass is 16.5. The number of nitrogens with zero attached hydrogens (tertiary/aromatic N) is 2. The van der Waals surface area contributed by atoms with E-state index in [1.165, 1.54) is 0 Å². The average molecular weight is 296 g/mol. The second-order valence-electron chi connectivity index (χ2n) is 5.41. The Morgan fingerprint density at radius 1 is 1.29 bits per heavy atom. The van der Waals surface area contributed by atoms with Crippen molar-refractivity contribution in [3.05, 3.63) is 28.2 Å². The van der Waals surface area contributed by atoms with Crippen LogP contribution in [0.15, 0.2) is 17.1 Å². The van der Waals surface area contributed by atoms with Crippen molar-refractivity contribution in [1.82, 2.24) is 9.47 Å². The zero-order valence-electron chi connectivity index (χ0n) is 12.7. The smallest absolute Gasteiger partial charge is 0.223 e. The van der Waals surface area contributed by atoms with Crippen molar-refractivity contribution in [3.63, 3.8) is 0 Å². The van der Waals surface area contributed by atoms with Crippen LogP contribution in [0.25, 0.3) is 0 Å². The molecule has 2 rings (SSSR count). The number of aromatic hydroxyl groups is 1. The van der Waals surface area contributed by atoms with E-state index in [1.807, 2.05) is 4.57 Å². The molecular weight excluding hydrogens is 272 g/mol. The molecule has 0 aliphatic heterocycles. The zero-order valence-corrected chi connectivity index (χ0v) is 12.7. The van der Waals surface area contributed by atoms with Crippen molar-refractivity contribution in [2.45, 2.75) is 25.4 Å². The maximum absolute atomic E-state index is 11.7. The molecule has 0 amide bonds. The van der Waals surface area contributed by atoms with Crippen molar-refractivity contribution >= 4 is 0 Å². The van der Waals surface area contributed by atoms with Gasteiger partial charge in [0.15, 0.2) is 5.75 Å². The minimum atomic E-state index is -0.319. The lowest BCUT2D eigenvalue weighted by molar-refractivity contribution is 0.108. The van der Waals surface area contributed by atoms with Gasteiger partial charge in [-0.05, 0) is 12.8 Å². The number of ether oxygens (including phenoxy) is 2. The maximum atomic E-state index is 11.7. The third-order valence-corrected chi connectivity index (χ3v) is 3.69. The molecule has 1 fully saturated rings. The summed E-state index contributed by atoms with van der Waals surface area (Å²) in [6, 6.07) is 1.96. The molecule has 6 heteroatoms. The predicted octanol–water partition coefficient (Wildman–Crippen LogP) is 0.984. The highest BCUT2D eigenvalue weighted by Gasteiger charge is 2.26. The van der Waals surface area contributed by atoms with E-state index in [4.69, 9.17) is 9.47 Å². The second-order valence-corrected chi connectivity index (χ2v) is 5.41. The van der Waals surface area contributed by atoms with E-state index in [2.05, 4.69) is 4.90 Å². The Hall–Kier alpha value is -1.37. The lowest BCUT2D eigenvalue weighted by atomic mass is 10.2. The molecule has 0 bridgehead atoms. The second kappa shape index (κ2) is 7.59. The number of pyridine rings is 1. The van der Waals surface area contributed by atoms with Gasteiger partial charge in [-0.25, -0.2) is 0 Å². The molecule has 118 valence electrons. The number of hydrogen-bond donors (Lipinski definition) is 1. The monoisotopic (exact) mass is 296 g/mol. The van der Waals surface area contributed by atoms with Crippen LogP contribution in [0.1, 0.15) is 24.6 Å². The molecule has 6 nitrogen and oxygen atoms in total. The van der Waals surface area contributed by atoms with Crippen LogP contribution >= 0.6 is 0 Å². The van der Waals surface area contributed by atoms with Gasteiger partial charge in [0.2, 0.25) is 5.43 Å². The van der Waals surface area contributed by atoms with Gasteiger partial charge < -0.3 is 19.1 Å². The first kappa shape index (κ1) is 16.0. The SMILES string of the molecule is COCCN(CCOC)Cc1cc(=O)c(O)cn1C1CC1. The first-order chi connectivity index (χ1) is 10.2. The third-order valence-electron chi connectivity index (χ3n) is 3.69. The largest absolute Gasteiger partial charge is 0.503 e. The highest BCUT2D eigenvalue weighted by molar-refractivity contribution is 5.22. The van der Waals surface area contributed by atoms with E-state index in [9.17, 15) is 9.90 Å². The summed E-state index contributed by atoms with van der Waals surface area (Å²) >= 11 is 0. The third kappa shape index (κ3) is 4.56. The Balaban J connectivity index is 2.14. The van der Waals surface area contributed by atoms with E-state index in [0.29, 0.717) is 25.8 Å². The van der Waals surface area contributed by atoms with Crippen LogP contribution < -0.4 is 5.43 Å². The lowest BCUT2D eigenvalue weighted by Crippen LogP contribution is -2.32. The molecule has 1 aliphatic carbocycles. The first-order valence-corrected chi connectivity index (χ1v) is 7.30. The summed E-state index contributed by atoms with van der Waals surface area (Å²) in [5, 5.41) is 9.63. The molecule has 0 saturated heterocycles. The summed E-state index contributed by atoms with van der Waals surface area (Å²) in [4.78, 5) is 13.9. The summed E-state index contributed by atoms with van der Waals surface area (Å²) in [5.74, 6) is -0.175. The molecule has 1 heterocycles. The van der Waals surface area contributed by atoms with Gasteiger partial charge in [-0.2, -0.15) is 0 Å². The summed E-state index contributed by atoms with van der Waals surface area (Å²) in [5.41, 5.74) is 0.618. The Morgan fingerprint density at radius 3 is 2.43 bits per heavy atom. The summed E-state index contributed by atoms with van der Waals surface area (Å²) in [6.07, 6.45) is 3.77. The van der Waals surface area contributed by atoms with Gasteiger partial charge in [0.1, 0.15) is 0 Å². The fraction of sp³-hybridized carbons (Fsp3) is 0.667. The molecule has 1 aliphatic rings. The molecule has 0 aromatic carbocycles. The Labute approximate surface area is 124 Å². The number of methoxy groups -OCH3 is 2. The quantitative estimate of drug-likeness (QED) is 0.736. The summed E-state index contributed by atoms with van der Waals surface area (Å²) in [7, 11) is 3.35. The minimum absolute atomic E-state index is 0.175. The average Bonchev–Trinajstić information content (AvgIpc) is 3.30. The first-order valence-electron chi connectivity index (χ1n) is 7.30. The van der Waals surface area contributed by atoms with E-state index in [0.717, 1.165) is 31.6 Å². The standard InChI is InChI=1S/C15H24N2O4/c1-20-7-5-16(6-8-21-2)10-13-9-14(18)15(19)11-17(13)12-3-4-12/h9,11-12,19H,3-8,10H2,1-2H3. The molecule has 1 aromatic heterocycles. The number of aromatic nitrogens is 1. The van der Waals surface area contributed by atoms with E-state index < -0.39 is 0 Å². The van der Waals surface area contributed by atoms with Gasteiger partial charge in [0, 0.05) is 51.7 Å². The van der Waals surface area contributed by atoms with Gasteiger partial charge >= 0.3 is 0 Å². The Kier molecular flexibility index (Phi) is 5.78. The van der Waals surface area contributed by atoms with Crippen LogP contribution in [0.4, 0.5) is 0 Å². The molecular formula is C15H24N2O4. The Morgan fingerprint density at radius 2 is 1.90 bits per heavy atom. The van der Waals surface area contributed by atoms with Crippen molar-refractivity contribution in [2.24, 2.45) is 0 Å². The van der Waals surface area contributed by atoms with Crippen molar-refractivity contribution < 1.29 is 14.6 Å². The molecule has 1 N–H and O–H groups in total. The van der Waals surface area contributed by atoms with Gasteiger partial charge in [-0.1, -0.05) is 0 Å². The van der Waals surface area contributed by atoms with Crippen LogP contribution in [-0.4, -0.2) is 55.1 Å². The predicted molar refractivity (Wildman–Crippen MR) is 79.7 cm³/mol. The van der Waals surface area contributed by atoms with E-state index in [1.54, 1.807) is 26.5 Å². The topological polar surface area (TPSA) is 63.9 Å². The van der Waals surface area contributed by atoms with Crippen LogP contribution in [0.3, 0.4) is 0 Å². The zero-order chi connectivity index (χ0) is 15.2. The van der Waals surface area contributed by atoms with Crippen molar-refractivity contribution in [3.8, 4) is 5.75 Å². The van der Waals surface area contributed by atoms with E-state index >= 15 is 0 Å². The fourth-order valence-corrected chi connectivity index (χ4v) is 2.34. The van der Waals surface area contributed by atoms with Crippen molar-refractivity contribution in [2.75, 3.05) is 40.5 Å². The maximum Gasteiger partial charge on any atom is 0.223 e. The molecule has 0 atom stereocenters. The highest BCUT2D eigenvalue weighted by Crippen LogP contribution is 2.36. The summed E-state index contributed by atoms with van der Waals surface area (Å²) < 4.78 is 12.3. The van der Waals surface area contributed by atoms with Crippen LogP contribution in [0, 0.1) is 0 Å². The normalized spacial score (nSPS) is 14.8. The number of hydrogen-bond acceptors (Lipinski definition) is 5. The summed E-state index contributed by atoms with van der Waals surface area (Å²) in [6.45, 7) is 3.48. The molecule has 1 saturated carbocycles. The minimum Gasteiger partial charge on any atom is -0.503 e. The Bertz CT molecular complexity index is 503. The van der Waals surface area contributed by atoms with Gasteiger partial charge in [0.25, 0.3) is 0 Å². The van der Waals surface area contributed by atoms with Crippen molar-refractivity contribution in [1.29, 1.82) is 0 Å². The molecule has 0 spiro atoms. The molecule has 0 radical (unpaired) electrons.